The zero-order chi connectivity index (χ0) is 16.8. The summed E-state index contributed by atoms with van der Waals surface area (Å²) in [6.45, 7) is 0.505. The Balaban J connectivity index is 1.57. The van der Waals surface area contributed by atoms with E-state index in [1.54, 1.807) is 48.5 Å². The van der Waals surface area contributed by atoms with E-state index in [2.05, 4.69) is 20.8 Å². The minimum atomic E-state index is -0.267. The lowest BCUT2D eigenvalue weighted by molar-refractivity contribution is 0.102. The van der Waals surface area contributed by atoms with Crippen molar-refractivity contribution < 1.29 is 9.18 Å². The first kappa shape index (κ1) is 15.6. The van der Waals surface area contributed by atoms with Crippen LogP contribution >= 0.6 is 0 Å². The Labute approximate surface area is 138 Å². The summed E-state index contributed by atoms with van der Waals surface area (Å²) in [6.07, 6.45) is 0. The Morgan fingerprint density at radius 1 is 0.875 bits per heavy atom. The van der Waals surface area contributed by atoms with Gasteiger partial charge in [0.25, 0.3) is 5.91 Å². The van der Waals surface area contributed by atoms with E-state index in [0.29, 0.717) is 23.7 Å². The van der Waals surface area contributed by atoms with E-state index in [-0.39, 0.29) is 11.7 Å². The summed E-state index contributed by atoms with van der Waals surface area (Å²) in [5.74, 6) is 0.433. The summed E-state index contributed by atoms with van der Waals surface area (Å²) in [6, 6.07) is 18.5. The predicted octanol–water partition coefficient (Wildman–Crippen LogP) is 3.48. The lowest BCUT2D eigenvalue weighted by Crippen LogP contribution is -2.13. The van der Waals surface area contributed by atoms with Gasteiger partial charge in [-0.1, -0.05) is 30.3 Å². The molecule has 120 valence electrons. The van der Waals surface area contributed by atoms with Gasteiger partial charge in [-0.15, -0.1) is 10.2 Å². The molecule has 0 atom stereocenters. The van der Waals surface area contributed by atoms with Crippen LogP contribution in [0.15, 0.2) is 66.7 Å². The smallest absolute Gasteiger partial charge is 0.256 e. The van der Waals surface area contributed by atoms with Crippen LogP contribution in [-0.4, -0.2) is 16.1 Å². The Bertz CT molecular complexity index is 805. The van der Waals surface area contributed by atoms with Gasteiger partial charge in [0.15, 0.2) is 5.82 Å². The molecule has 2 aromatic carbocycles. The van der Waals surface area contributed by atoms with Gasteiger partial charge in [0.2, 0.25) is 0 Å². The molecule has 1 heterocycles. The molecule has 0 aliphatic rings. The summed E-state index contributed by atoms with van der Waals surface area (Å²) >= 11 is 0. The van der Waals surface area contributed by atoms with Crippen molar-refractivity contribution in [1.82, 2.24) is 10.2 Å². The molecular weight excluding hydrogens is 307 g/mol. The molecule has 5 nitrogen and oxygen atoms in total. The first-order chi connectivity index (χ1) is 11.7. The molecule has 24 heavy (non-hydrogen) atoms. The molecule has 0 aliphatic carbocycles. The van der Waals surface area contributed by atoms with Crippen LogP contribution in [0.3, 0.4) is 0 Å². The molecule has 0 saturated carbocycles. The normalized spacial score (nSPS) is 10.2. The Hall–Kier alpha value is -3.28. The van der Waals surface area contributed by atoms with E-state index in [9.17, 15) is 9.18 Å². The predicted molar refractivity (Wildman–Crippen MR) is 90.2 cm³/mol. The highest BCUT2D eigenvalue weighted by Crippen LogP contribution is 2.10. The van der Waals surface area contributed by atoms with Crippen LogP contribution in [0.2, 0.25) is 0 Å². The number of benzene rings is 2. The van der Waals surface area contributed by atoms with Crippen molar-refractivity contribution in [1.29, 1.82) is 0 Å². The maximum Gasteiger partial charge on any atom is 0.256 e. The molecule has 3 rings (SSSR count). The molecule has 1 aromatic heterocycles. The zero-order valence-electron chi connectivity index (χ0n) is 12.7. The maximum absolute atomic E-state index is 12.8. The van der Waals surface area contributed by atoms with Crippen LogP contribution in [0.4, 0.5) is 16.0 Å². The first-order valence-electron chi connectivity index (χ1n) is 7.39. The van der Waals surface area contributed by atoms with Gasteiger partial charge in [0, 0.05) is 12.1 Å². The number of amides is 1. The summed E-state index contributed by atoms with van der Waals surface area (Å²) in [5, 5.41) is 13.7. The lowest BCUT2D eigenvalue weighted by Gasteiger charge is -2.07. The lowest BCUT2D eigenvalue weighted by atomic mass is 10.2. The van der Waals surface area contributed by atoms with Gasteiger partial charge in [-0.3, -0.25) is 4.79 Å². The van der Waals surface area contributed by atoms with Gasteiger partial charge in [-0.25, -0.2) is 4.39 Å². The van der Waals surface area contributed by atoms with E-state index < -0.39 is 0 Å². The number of hydrogen-bond acceptors (Lipinski definition) is 4. The van der Waals surface area contributed by atoms with Crippen molar-refractivity contribution in [2.75, 3.05) is 10.6 Å². The molecule has 0 unspecified atom stereocenters. The first-order valence-corrected chi connectivity index (χ1v) is 7.39. The Morgan fingerprint density at radius 2 is 1.54 bits per heavy atom. The van der Waals surface area contributed by atoms with Crippen LogP contribution in [-0.2, 0) is 6.54 Å². The molecule has 0 fully saturated rings. The van der Waals surface area contributed by atoms with Gasteiger partial charge in [0.1, 0.15) is 11.6 Å². The number of nitrogens with one attached hydrogen (secondary N) is 2. The van der Waals surface area contributed by atoms with Crippen LogP contribution in [0.5, 0.6) is 0 Å². The quantitative estimate of drug-likeness (QED) is 0.755. The molecule has 3 aromatic rings. The fourth-order valence-electron chi connectivity index (χ4n) is 2.07. The number of halogens is 1. The number of aromatic nitrogens is 2. The molecule has 2 N–H and O–H groups in total. The Morgan fingerprint density at radius 3 is 2.21 bits per heavy atom. The van der Waals surface area contributed by atoms with Crippen LogP contribution in [0, 0.1) is 5.82 Å². The number of nitrogens with zero attached hydrogens (tertiary/aromatic N) is 2. The van der Waals surface area contributed by atoms with Crippen LogP contribution in [0.25, 0.3) is 0 Å². The number of hydrogen-bond donors (Lipinski definition) is 2. The summed E-state index contributed by atoms with van der Waals surface area (Å²) in [7, 11) is 0. The molecule has 0 radical (unpaired) electrons. The molecular formula is C18H15FN4O. The van der Waals surface area contributed by atoms with Gasteiger partial charge in [0.05, 0.1) is 0 Å². The second kappa shape index (κ2) is 7.32. The second-order valence-corrected chi connectivity index (χ2v) is 5.10. The molecule has 0 aliphatic heterocycles. The van der Waals surface area contributed by atoms with E-state index in [1.165, 1.54) is 12.1 Å². The monoisotopic (exact) mass is 322 g/mol. The van der Waals surface area contributed by atoms with Crippen molar-refractivity contribution in [2.45, 2.75) is 6.54 Å². The second-order valence-electron chi connectivity index (χ2n) is 5.10. The third-order valence-corrected chi connectivity index (χ3v) is 3.33. The molecule has 6 heteroatoms. The van der Waals surface area contributed by atoms with Gasteiger partial charge >= 0.3 is 0 Å². The van der Waals surface area contributed by atoms with E-state index in [4.69, 9.17) is 0 Å². The van der Waals surface area contributed by atoms with E-state index in [1.807, 2.05) is 6.07 Å². The fraction of sp³-hybridized carbons (Fsp3) is 0.0556. The minimum absolute atomic E-state index is 0.239. The van der Waals surface area contributed by atoms with Crippen LogP contribution < -0.4 is 10.6 Å². The number of anilines is 2. The summed E-state index contributed by atoms with van der Waals surface area (Å²) < 4.78 is 12.8. The number of carbonyl (C=O) groups excluding carboxylic acids is 1. The topological polar surface area (TPSA) is 66.9 Å². The molecule has 0 spiro atoms. The highest BCUT2D eigenvalue weighted by molar-refractivity contribution is 6.03. The van der Waals surface area contributed by atoms with Crippen molar-refractivity contribution in [2.24, 2.45) is 0 Å². The summed E-state index contributed by atoms with van der Waals surface area (Å²) in [4.78, 5) is 12.0. The zero-order valence-corrected chi connectivity index (χ0v) is 12.7. The molecule has 0 saturated heterocycles. The fourth-order valence-corrected chi connectivity index (χ4v) is 2.07. The third kappa shape index (κ3) is 4.13. The maximum atomic E-state index is 12.8. The highest BCUT2D eigenvalue weighted by atomic mass is 19.1. The average molecular weight is 322 g/mol. The average Bonchev–Trinajstić information content (AvgIpc) is 2.63. The van der Waals surface area contributed by atoms with Gasteiger partial charge in [-0.2, -0.15) is 0 Å². The largest absolute Gasteiger partial charge is 0.365 e. The van der Waals surface area contributed by atoms with E-state index >= 15 is 0 Å². The van der Waals surface area contributed by atoms with Crippen molar-refractivity contribution in [3.05, 3.63) is 83.7 Å². The molecule has 0 bridgehead atoms. The van der Waals surface area contributed by atoms with Crippen molar-refractivity contribution in [3.63, 3.8) is 0 Å². The molecule has 1 amide bonds. The van der Waals surface area contributed by atoms with Gasteiger partial charge in [-0.05, 0) is 42.0 Å². The minimum Gasteiger partial charge on any atom is -0.365 e. The standard InChI is InChI=1S/C18H15FN4O/c19-15-8-6-13(7-9-15)12-20-16-10-11-17(23-22-16)21-18(24)14-4-2-1-3-5-14/h1-11H,12H2,(H,20,22)(H,21,23,24). The van der Waals surface area contributed by atoms with E-state index in [0.717, 1.165) is 5.56 Å². The Kier molecular flexibility index (Phi) is 4.76. The van der Waals surface area contributed by atoms with Crippen molar-refractivity contribution >= 4 is 17.5 Å². The van der Waals surface area contributed by atoms with Gasteiger partial charge < -0.3 is 10.6 Å². The number of carbonyl (C=O) groups is 1. The highest BCUT2D eigenvalue weighted by Gasteiger charge is 2.06. The summed E-state index contributed by atoms with van der Waals surface area (Å²) in [5.41, 5.74) is 1.48. The number of rotatable bonds is 5. The van der Waals surface area contributed by atoms with Crippen molar-refractivity contribution in [3.8, 4) is 0 Å². The van der Waals surface area contributed by atoms with Crippen LogP contribution in [0.1, 0.15) is 15.9 Å². The third-order valence-electron chi connectivity index (χ3n) is 3.33. The SMILES string of the molecule is O=C(Nc1ccc(NCc2ccc(F)cc2)nn1)c1ccccc1.